The van der Waals surface area contributed by atoms with E-state index < -0.39 is 0 Å². The molecule has 0 aliphatic carbocycles. The standard InChI is InChI=1S/C21H33N3O/c1-3-5-6-7-8-9-12-17-24-19-14-11-10-13-18(19)23-20(24)15-16-22-21(25)4-2/h10-11,13-14H,3-9,12,15-17H2,1-2H3,(H,22,25). The normalized spacial score (nSPS) is 11.1. The molecule has 0 saturated carbocycles. The molecule has 1 N–H and O–H groups in total. The number of aryl methyl sites for hydroxylation is 1. The topological polar surface area (TPSA) is 46.9 Å². The maximum Gasteiger partial charge on any atom is 0.219 e. The van der Waals surface area contributed by atoms with Gasteiger partial charge in [0.2, 0.25) is 5.91 Å². The van der Waals surface area contributed by atoms with E-state index in [4.69, 9.17) is 4.98 Å². The minimum Gasteiger partial charge on any atom is -0.356 e. The summed E-state index contributed by atoms with van der Waals surface area (Å²) in [5, 5.41) is 2.96. The number of carbonyl (C=O) groups excluding carboxylic acids is 1. The Morgan fingerprint density at radius 2 is 1.76 bits per heavy atom. The number of unbranched alkanes of at least 4 members (excludes halogenated alkanes) is 6. The molecule has 2 rings (SSSR count). The summed E-state index contributed by atoms with van der Waals surface area (Å²) in [7, 11) is 0. The van der Waals surface area contributed by atoms with Gasteiger partial charge in [0.15, 0.2) is 0 Å². The minimum atomic E-state index is 0.106. The van der Waals surface area contributed by atoms with Crippen LogP contribution >= 0.6 is 0 Å². The maximum absolute atomic E-state index is 11.4. The van der Waals surface area contributed by atoms with Crippen molar-refractivity contribution in [1.82, 2.24) is 14.9 Å². The molecule has 1 amide bonds. The lowest BCUT2D eigenvalue weighted by atomic mass is 10.1. The van der Waals surface area contributed by atoms with Crippen molar-refractivity contribution in [1.29, 1.82) is 0 Å². The molecule has 2 aromatic rings. The first-order chi connectivity index (χ1) is 12.3. The number of hydrogen-bond donors (Lipinski definition) is 1. The van der Waals surface area contributed by atoms with Gasteiger partial charge in [-0.05, 0) is 18.6 Å². The van der Waals surface area contributed by atoms with Gasteiger partial charge in [0.1, 0.15) is 5.82 Å². The fourth-order valence-electron chi connectivity index (χ4n) is 3.23. The number of amides is 1. The Hall–Kier alpha value is -1.84. The van der Waals surface area contributed by atoms with Crippen molar-refractivity contribution in [2.45, 2.75) is 78.2 Å². The largest absolute Gasteiger partial charge is 0.356 e. The van der Waals surface area contributed by atoms with Crippen LogP contribution in [0.5, 0.6) is 0 Å². The summed E-state index contributed by atoms with van der Waals surface area (Å²) in [6.07, 6.45) is 10.5. The van der Waals surface area contributed by atoms with Gasteiger partial charge in [0.05, 0.1) is 11.0 Å². The predicted molar refractivity (Wildman–Crippen MR) is 105 cm³/mol. The number of benzene rings is 1. The van der Waals surface area contributed by atoms with Crippen LogP contribution in [0.15, 0.2) is 24.3 Å². The molecule has 4 nitrogen and oxygen atoms in total. The molecule has 0 atom stereocenters. The molecule has 0 unspecified atom stereocenters. The molecule has 0 aliphatic rings. The zero-order valence-electron chi connectivity index (χ0n) is 15.9. The van der Waals surface area contributed by atoms with E-state index in [0.29, 0.717) is 13.0 Å². The third kappa shape index (κ3) is 6.18. The Morgan fingerprint density at radius 3 is 2.52 bits per heavy atom. The minimum absolute atomic E-state index is 0.106. The van der Waals surface area contributed by atoms with Crippen LogP contribution in [0.3, 0.4) is 0 Å². The molecule has 4 heteroatoms. The van der Waals surface area contributed by atoms with E-state index in [9.17, 15) is 4.79 Å². The second kappa shape index (κ2) is 10.9. The summed E-state index contributed by atoms with van der Waals surface area (Å²) < 4.78 is 2.35. The van der Waals surface area contributed by atoms with Crippen molar-refractivity contribution < 1.29 is 4.79 Å². The van der Waals surface area contributed by atoms with Crippen molar-refractivity contribution in [3.63, 3.8) is 0 Å². The number of para-hydroxylation sites is 2. The van der Waals surface area contributed by atoms with Crippen LogP contribution in [-0.4, -0.2) is 22.0 Å². The quantitative estimate of drug-likeness (QED) is 0.560. The third-order valence-corrected chi connectivity index (χ3v) is 4.71. The van der Waals surface area contributed by atoms with Crippen molar-refractivity contribution in [3.8, 4) is 0 Å². The average molecular weight is 344 g/mol. The Balaban J connectivity index is 1.91. The van der Waals surface area contributed by atoms with Crippen LogP contribution in [0, 0.1) is 0 Å². The van der Waals surface area contributed by atoms with E-state index in [0.717, 1.165) is 24.3 Å². The second-order valence-electron chi connectivity index (χ2n) is 6.74. The van der Waals surface area contributed by atoms with E-state index in [2.05, 4.69) is 35.0 Å². The van der Waals surface area contributed by atoms with Crippen molar-refractivity contribution in [3.05, 3.63) is 30.1 Å². The summed E-state index contributed by atoms with van der Waals surface area (Å²) in [5.74, 6) is 1.19. The van der Waals surface area contributed by atoms with Crippen LogP contribution in [-0.2, 0) is 17.8 Å². The van der Waals surface area contributed by atoms with Gasteiger partial charge in [-0.1, -0.05) is 64.5 Å². The monoisotopic (exact) mass is 343 g/mol. The highest BCUT2D eigenvalue weighted by Gasteiger charge is 2.10. The van der Waals surface area contributed by atoms with Crippen molar-refractivity contribution >= 4 is 16.9 Å². The molecule has 138 valence electrons. The molecule has 0 saturated heterocycles. The number of nitrogens with one attached hydrogen (secondary N) is 1. The van der Waals surface area contributed by atoms with E-state index in [1.54, 1.807) is 0 Å². The van der Waals surface area contributed by atoms with Gasteiger partial charge in [-0.25, -0.2) is 4.98 Å². The zero-order valence-corrected chi connectivity index (χ0v) is 15.9. The summed E-state index contributed by atoms with van der Waals surface area (Å²) in [4.78, 5) is 16.2. The van der Waals surface area contributed by atoms with Gasteiger partial charge in [-0.15, -0.1) is 0 Å². The average Bonchev–Trinajstić information content (AvgIpc) is 2.98. The Kier molecular flexibility index (Phi) is 8.50. The molecule has 1 aromatic heterocycles. The Bertz CT molecular complexity index is 648. The molecule has 0 spiro atoms. The van der Waals surface area contributed by atoms with E-state index in [1.807, 2.05) is 13.0 Å². The molecule has 1 aromatic carbocycles. The van der Waals surface area contributed by atoms with Gasteiger partial charge >= 0.3 is 0 Å². The number of nitrogens with zero attached hydrogens (tertiary/aromatic N) is 2. The lowest BCUT2D eigenvalue weighted by Crippen LogP contribution is -2.25. The van der Waals surface area contributed by atoms with E-state index in [-0.39, 0.29) is 5.91 Å². The second-order valence-corrected chi connectivity index (χ2v) is 6.74. The SMILES string of the molecule is CCCCCCCCCn1c(CCNC(=O)CC)nc2ccccc21. The molecule has 0 fully saturated rings. The highest BCUT2D eigenvalue weighted by molar-refractivity contribution is 5.76. The number of aromatic nitrogens is 2. The fourth-order valence-corrected chi connectivity index (χ4v) is 3.23. The molecule has 1 heterocycles. The number of rotatable bonds is 12. The highest BCUT2D eigenvalue weighted by Crippen LogP contribution is 2.18. The van der Waals surface area contributed by atoms with E-state index in [1.165, 1.54) is 50.5 Å². The van der Waals surface area contributed by atoms with Gasteiger partial charge in [-0.3, -0.25) is 4.79 Å². The van der Waals surface area contributed by atoms with Crippen LogP contribution in [0.1, 0.15) is 71.0 Å². The van der Waals surface area contributed by atoms with Crippen LogP contribution in [0.4, 0.5) is 0 Å². The molecule has 0 radical (unpaired) electrons. The van der Waals surface area contributed by atoms with Crippen LogP contribution in [0.2, 0.25) is 0 Å². The summed E-state index contributed by atoms with van der Waals surface area (Å²) >= 11 is 0. The summed E-state index contributed by atoms with van der Waals surface area (Å²) in [6.45, 7) is 5.82. The van der Waals surface area contributed by atoms with E-state index >= 15 is 0 Å². The summed E-state index contributed by atoms with van der Waals surface area (Å²) in [6, 6.07) is 8.34. The van der Waals surface area contributed by atoms with Crippen molar-refractivity contribution in [2.24, 2.45) is 0 Å². The molecular formula is C21H33N3O. The summed E-state index contributed by atoms with van der Waals surface area (Å²) in [5.41, 5.74) is 2.27. The predicted octanol–water partition coefficient (Wildman–Crippen LogP) is 4.86. The molecule has 0 aliphatic heterocycles. The highest BCUT2D eigenvalue weighted by atomic mass is 16.1. The number of carbonyl (C=O) groups is 1. The first-order valence-electron chi connectivity index (χ1n) is 9.97. The number of hydrogen-bond acceptors (Lipinski definition) is 2. The number of fused-ring (bicyclic) bond motifs is 1. The molecule has 0 bridgehead atoms. The van der Waals surface area contributed by atoms with Gasteiger partial charge in [0, 0.05) is 25.9 Å². The van der Waals surface area contributed by atoms with Crippen LogP contribution < -0.4 is 5.32 Å². The fraction of sp³-hybridized carbons (Fsp3) is 0.619. The Labute approximate surface area is 152 Å². The molecule has 25 heavy (non-hydrogen) atoms. The third-order valence-electron chi connectivity index (χ3n) is 4.71. The smallest absolute Gasteiger partial charge is 0.219 e. The van der Waals surface area contributed by atoms with Crippen molar-refractivity contribution in [2.75, 3.05) is 6.54 Å². The van der Waals surface area contributed by atoms with Gasteiger partial charge in [0.25, 0.3) is 0 Å². The zero-order chi connectivity index (χ0) is 17.9. The lowest BCUT2D eigenvalue weighted by Gasteiger charge is -2.10. The van der Waals surface area contributed by atoms with Gasteiger partial charge in [-0.2, -0.15) is 0 Å². The molecular weight excluding hydrogens is 310 g/mol. The Morgan fingerprint density at radius 1 is 1.04 bits per heavy atom. The lowest BCUT2D eigenvalue weighted by molar-refractivity contribution is -0.120. The number of imidazole rings is 1. The maximum atomic E-state index is 11.4. The first-order valence-corrected chi connectivity index (χ1v) is 9.97. The first kappa shape index (κ1) is 19.5. The van der Waals surface area contributed by atoms with Crippen LogP contribution in [0.25, 0.3) is 11.0 Å². The van der Waals surface area contributed by atoms with Gasteiger partial charge < -0.3 is 9.88 Å².